The standard InChI is InChI=1S/C16H26N2O/c1-3-5-6-11-16(19)18(12-4-2)13-14-9-7-8-10-15(14)17/h7-10H,3-6,11-13,17H2,1-2H3. The quantitative estimate of drug-likeness (QED) is 0.575. The number of unbranched alkanes of at least 4 members (excludes halogenated alkanes) is 2. The third kappa shape index (κ3) is 5.33. The number of nitrogens with zero attached hydrogens (tertiary/aromatic N) is 1. The number of hydrogen-bond acceptors (Lipinski definition) is 2. The van der Waals surface area contributed by atoms with Gasteiger partial charge in [0.15, 0.2) is 0 Å². The molecule has 0 atom stereocenters. The third-order valence-corrected chi connectivity index (χ3v) is 3.26. The van der Waals surface area contributed by atoms with Gasteiger partial charge in [0.2, 0.25) is 5.91 Å². The summed E-state index contributed by atoms with van der Waals surface area (Å²) in [5.41, 5.74) is 7.76. The minimum Gasteiger partial charge on any atom is -0.398 e. The molecule has 0 aliphatic carbocycles. The summed E-state index contributed by atoms with van der Waals surface area (Å²) in [4.78, 5) is 14.1. The van der Waals surface area contributed by atoms with Crippen LogP contribution in [0.25, 0.3) is 0 Å². The SMILES string of the molecule is CCCCCC(=O)N(CCC)Cc1ccccc1N. The van der Waals surface area contributed by atoms with E-state index in [2.05, 4.69) is 13.8 Å². The molecule has 1 aromatic carbocycles. The molecule has 3 nitrogen and oxygen atoms in total. The van der Waals surface area contributed by atoms with E-state index in [1.807, 2.05) is 29.2 Å². The number of amides is 1. The molecule has 1 rings (SSSR count). The van der Waals surface area contributed by atoms with Crippen molar-refractivity contribution in [2.45, 2.75) is 52.5 Å². The summed E-state index contributed by atoms with van der Waals surface area (Å²) in [7, 11) is 0. The van der Waals surface area contributed by atoms with Crippen molar-refractivity contribution >= 4 is 11.6 Å². The average Bonchev–Trinajstić information content (AvgIpc) is 2.41. The zero-order valence-electron chi connectivity index (χ0n) is 12.2. The number of hydrogen-bond donors (Lipinski definition) is 1. The Bertz CT molecular complexity index is 390. The van der Waals surface area contributed by atoms with Gasteiger partial charge in [0.1, 0.15) is 0 Å². The number of carbonyl (C=O) groups is 1. The Kier molecular flexibility index (Phi) is 7.01. The van der Waals surface area contributed by atoms with Crippen LogP contribution in [0.4, 0.5) is 5.69 Å². The lowest BCUT2D eigenvalue weighted by Crippen LogP contribution is -2.31. The van der Waals surface area contributed by atoms with Gasteiger partial charge in [-0.3, -0.25) is 4.79 Å². The topological polar surface area (TPSA) is 46.3 Å². The van der Waals surface area contributed by atoms with Crippen LogP contribution < -0.4 is 5.73 Å². The molecule has 2 N–H and O–H groups in total. The van der Waals surface area contributed by atoms with E-state index in [1.165, 1.54) is 0 Å². The van der Waals surface area contributed by atoms with Crippen LogP contribution in [0.1, 0.15) is 51.5 Å². The van der Waals surface area contributed by atoms with Crippen molar-refractivity contribution in [3.8, 4) is 0 Å². The Morgan fingerprint density at radius 3 is 2.53 bits per heavy atom. The molecule has 0 unspecified atom stereocenters. The molecule has 1 amide bonds. The highest BCUT2D eigenvalue weighted by Crippen LogP contribution is 2.15. The van der Waals surface area contributed by atoms with Gasteiger partial charge in [-0.1, -0.05) is 44.9 Å². The summed E-state index contributed by atoms with van der Waals surface area (Å²) >= 11 is 0. The van der Waals surface area contributed by atoms with Crippen molar-refractivity contribution < 1.29 is 4.79 Å². The van der Waals surface area contributed by atoms with Gasteiger partial charge >= 0.3 is 0 Å². The first-order valence-corrected chi connectivity index (χ1v) is 7.30. The monoisotopic (exact) mass is 262 g/mol. The molecule has 0 aliphatic rings. The second-order valence-corrected chi connectivity index (χ2v) is 4.97. The Morgan fingerprint density at radius 1 is 1.16 bits per heavy atom. The smallest absolute Gasteiger partial charge is 0.222 e. The van der Waals surface area contributed by atoms with Crippen LogP contribution >= 0.6 is 0 Å². The van der Waals surface area contributed by atoms with Crippen molar-refractivity contribution in [2.24, 2.45) is 0 Å². The number of para-hydroxylation sites is 1. The molecule has 0 spiro atoms. The molecular weight excluding hydrogens is 236 g/mol. The van der Waals surface area contributed by atoms with Crippen molar-refractivity contribution in [1.29, 1.82) is 0 Å². The van der Waals surface area contributed by atoms with Gasteiger partial charge in [-0.2, -0.15) is 0 Å². The fourth-order valence-corrected chi connectivity index (χ4v) is 2.13. The number of anilines is 1. The molecular formula is C16H26N2O. The number of benzene rings is 1. The van der Waals surface area contributed by atoms with E-state index in [0.717, 1.165) is 43.5 Å². The molecule has 0 fully saturated rings. The Morgan fingerprint density at radius 2 is 1.89 bits per heavy atom. The van der Waals surface area contributed by atoms with Crippen LogP contribution in [0, 0.1) is 0 Å². The summed E-state index contributed by atoms with van der Waals surface area (Å²) in [5.74, 6) is 0.249. The lowest BCUT2D eigenvalue weighted by atomic mass is 10.1. The highest BCUT2D eigenvalue weighted by Gasteiger charge is 2.13. The Labute approximate surface area is 116 Å². The summed E-state index contributed by atoms with van der Waals surface area (Å²) in [6, 6.07) is 7.78. The molecule has 0 aliphatic heterocycles. The summed E-state index contributed by atoms with van der Waals surface area (Å²) in [6.45, 7) is 5.68. The minimum absolute atomic E-state index is 0.249. The maximum Gasteiger partial charge on any atom is 0.222 e. The van der Waals surface area contributed by atoms with E-state index in [9.17, 15) is 4.79 Å². The van der Waals surface area contributed by atoms with E-state index in [1.54, 1.807) is 0 Å². The highest BCUT2D eigenvalue weighted by atomic mass is 16.2. The van der Waals surface area contributed by atoms with Crippen molar-refractivity contribution in [1.82, 2.24) is 4.90 Å². The van der Waals surface area contributed by atoms with Crippen molar-refractivity contribution in [3.63, 3.8) is 0 Å². The first-order chi connectivity index (χ1) is 9.19. The normalized spacial score (nSPS) is 10.4. The maximum atomic E-state index is 12.2. The van der Waals surface area contributed by atoms with Gasteiger partial charge in [0, 0.05) is 25.2 Å². The molecule has 0 heterocycles. The number of rotatable bonds is 8. The third-order valence-electron chi connectivity index (χ3n) is 3.26. The molecule has 1 aromatic rings. The maximum absolute atomic E-state index is 12.2. The van der Waals surface area contributed by atoms with Crippen molar-refractivity contribution in [3.05, 3.63) is 29.8 Å². The molecule has 0 aromatic heterocycles. The first-order valence-electron chi connectivity index (χ1n) is 7.30. The summed E-state index contributed by atoms with van der Waals surface area (Å²) < 4.78 is 0. The fraction of sp³-hybridized carbons (Fsp3) is 0.562. The Hall–Kier alpha value is -1.51. The van der Waals surface area contributed by atoms with E-state index in [-0.39, 0.29) is 5.91 Å². The number of nitrogens with two attached hydrogens (primary N) is 1. The van der Waals surface area contributed by atoms with Gasteiger partial charge in [-0.25, -0.2) is 0 Å². The zero-order chi connectivity index (χ0) is 14.1. The molecule has 0 radical (unpaired) electrons. The zero-order valence-corrected chi connectivity index (χ0v) is 12.2. The number of carbonyl (C=O) groups excluding carboxylic acids is 1. The predicted octanol–water partition coefficient (Wildman–Crippen LogP) is 3.59. The van der Waals surface area contributed by atoms with Crippen LogP contribution in [0.2, 0.25) is 0 Å². The lowest BCUT2D eigenvalue weighted by molar-refractivity contribution is -0.132. The van der Waals surface area contributed by atoms with Crippen molar-refractivity contribution in [2.75, 3.05) is 12.3 Å². The first kappa shape index (κ1) is 15.5. The van der Waals surface area contributed by atoms with Crippen LogP contribution in [-0.4, -0.2) is 17.4 Å². The average molecular weight is 262 g/mol. The van der Waals surface area contributed by atoms with Crippen LogP contribution in [0.15, 0.2) is 24.3 Å². The van der Waals surface area contributed by atoms with E-state index >= 15 is 0 Å². The molecule has 0 saturated heterocycles. The lowest BCUT2D eigenvalue weighted by Gasteiger charge is -2.23. The van der Waals surface area contributed by atoms with Gasteiger partial charge < -0.3 is 10.6 Å². The van der Waals surface area contributed by atoms with Gasteiger partial charge in [-0.15, -0.1) is 0 Å². The van der Waals surface area contributed by atoms with Crippen LogP contribution in [-0.2, 0) is 11.3 Å². The van der Waals surface area contributed by atoms with Gasteiger partial charge in [0.25, 0.3) is 0 Å². The number of nitrogen functional groups attached to an aromatic ring is 1. The second-order valence-electron chi connectivity index (χ2n) is 4.97. The largest absolute Gasteiger partial charge is 0.398 e. The molecule has 106 valence electrons. The summed E-state index contributed by atoms with van der Waals surface area (Å²) in [6.07, 6.45) is 4.89. The highest BCUT2D eigenvalue weighted by molar-refractivity contribution is 5.76. The van der Waals surface area contributed by atoms with E-state index in [0.29, 0.717) is 13.0 Å². The molecule has 3 heteroatoms. The molecule has 19 heavy (non-hydrogen) atoms. The van der Waals surface area contributed by atoms with E-state index in [4.69, 9.17) is 5.73 Å². The van der Waals surface area contributed by atoms with Gasteiger partial charge in [-0.05, 0) is 24.5 Å². The molecule has 0 bridgehead atoms. The second kappa shape index (κ2) is 8.57. The van der Waals surface area contributed by atoms with E-state index < -0.39 is 0 Å². The van der Waals surface area contributed by atoms with Crippen LogP contribution in [0.3, 0.4) is 0 Å². The Balaban J connectivity index is 2.61. The van der Waals surface area contributed by atoms with Crippen LogP contribution in [0.5, 0.6) is 0 Å². The van der Waals surface area contributed by atoms with Gasteiger partial charge in [0.05, 0.1) is 0 Å². The minimum atomic E-state index is 0.249. The summed E-state index contributed by atoms with van der Waals surface area (Å²) in [5, 5.41) is 0. The molecule has 0 saturated carbocycles. The fourth-order valence-electron chi connectivity index (χ4n) is 2.13. The predicted molar refractivity (Wildman–Crippen MR) is 80.7 cm³/mol.